The average molecular weight is 211 g/mol. The van der Waals surface area contributed by atoms with Gasteiger partial charge in [0, 0.05) is 13.1 Å². The molecule has 0 aliphatic rings. The minimum Gasteiger partial charge on any atom is -0.342 e. The summed E-state index contributed by atoms with van der Waals surface area (Å²) in [5, 5.41) is 0. The predicted octanol–water partition coefficient (Wildman–Crippen LogP) is 2.59. The summed E-state index contributed by atoms with van der Waals surface area (Å²) in [4.78, 5) is 12.4. The monoisotopic (exact) mass is 211 g/mol. The minimum atomic E-state index is -4.39. The normalized spacial score (nSPS) is 11.5. The lowest BCUT2D eigenvalue weighted by molar-refractivity contribution is -0.161. The molecule has 0 saturated carbocycles. The Morgan fingerprint density at radius 2 is 1.57 bits per heavy atom. The zero-order chi connectivity index (χ0) is 11.2. The first-order valence-corrected chi connectivity index (χ1v) is 4.75. The van der Waals surface area contributed by atoms with Gasteiger partial charge in [0.2, 0.25) is 5.91 Å². The van der Waals surface area contributed by atoms with Crippen LogP contribution in [-0.4, -0.2) is 30.1 Å². The quantitative estimate of drug-likeness (QED) is 0.684. The number of nitrogens with zero attached hydrogens (tertiary/aromatic N) is 1. The van der Waals surface area contributed by atoms with E-state index in [2.05, 4.69) is 0 Å². The van der Waals surface area contributed by atoms with Crippen molar-refractivity contribution in [2.24, 2.45) is 0 Å². The molecule has 0 rings (SSSR count). The van der Waals surface area contributed by atoms with Crippen molar-refractivity contribution in [2.45, 2.75) is 39.3 Å². The van der Waals surface area contributed by atoms with Crippen LogP contribution >= 0.6 is 0 Å². The number of carbonyl (C=O) groups is 1. The van der Waals surface area contributed by atoms with E-state index in [0.29, 0.717) is 25.9 Å². The van der Waals surface area contributed by atoms with E-state index in [1.54, 1.807) is 0 Å². The minimum absolute atomic E-state index is 0.406. The topological polar surface area (TPSA) is 20.3 Å². The van der Waals surface area contributed by atoms with Crippen LogP contribution in [-0.2, 0) is 4.79 Å². The van der Waals surface area contributed by atoms with Gasteiger partial charge in [-0.1, -0.05) is 13.8 Å². The van der Waals surface area contributed by atoms with Crippen LogP contribution in [0.25, 0.3) is 0 Å². The zero-order valence-corrected chi connectivity index (χ0v) is 8.52. The summed E-state index contributed by atoms with van der Waals surface area (Å²) in [5.74, 6) is -0.818. The van der Waals surface area contributed by atoms with Crippen LogP contribution in [0.2, 0.25) is 0 Å². The van der Waals surface area contributed by atoms with Gasteiger partial charge in [0.25, 0.3) is 0 Å². The molecule has 14 heavy (non-hydrogen) atoms. The molecular weight excluding hydrogens is 195 g/mol. The fraction of sp³-hybridized carbons (Fsp3) is 0.889. The van der Waals surface area contributed by atoms with Crippen molar-refractivity contribution in [3.05, 3.63) is 0 Å². The number of amides is 1. The van der Waals surface area contributed by atoms with Crippen molar-refractivity contribution in [2.75, 3.05) is 13.1 Å². The van der Waals surface area contributed by atoms with E-state index in [1.165, 1.54) is 4.90 Å². The van der Waals surface area contributed by atoms with Crippen LogP contribution in [0, 0.1) is 0 Å². The third-order valence-corrected chi connectivity index (χ3v) is 1.69. The van der Waals surface area contributed by atoms with Crippen molar-refractivity contribution in [3.8, 4) is 0 Å². The second kappa shape index (κ2) is 5.88. The summed E-state index contributed by atoms with van der Waals surface area (Å²) in [7, 11) is 0. The van der Waals surface area contributed by atoms with Crippen molar-refractivity contribution >= 4 is 5.91 Å². The van der Waals surface area contributed by atoms with Crippen molar-refractivity contribution in [3.63, 3.8) is 0 Å². The van der Waals surface area contributed by atoms with E-state index < -0.39 is 18.5 Å². The van der Waals surface area contributed by atoms with Gasteiger partial charge in [0.05, 0.1) is 0 Å². The first kappa shape index (κ1) is 13.3. The summed E-state index contributed by atoms with van der Waals surface area (Å²) in [6, 6.07) is 0. The second-order valence-electron chi connectivity index (χ2n) is 3.17. The molecule has 0 N–H and O–H groups in total. The molecule has 0 bridgehead atoms. The first-order valence-electron chi connectivity index (χ1n) is 4.75. The maximum atomic E-state index is 11.9. The van der Waals surface area contributed by atoms with Crippen molar-refractivity contribution in [1.82, 2.24) is 4.90 Å². The number of hydrogen-bond acceptors (Lipinski definition) is 1. The third-order valence-electron chi connectivity index (χ3n) is 1.69. The predicted molar refractivity (Wildman–Crippen MR) is 47.8 cm³/mol. The first-order chi connectivity index (χ1) is 6.40. The van der Waals surface area contributed by atoms with E-state index in [4.69, 9.17) is 0 Å². The van der Waals surface area contributed by atoms with Gasteiger partial charge < -0.3 is 4.90 Å². The lowest BCUT2D eigenvalue weighted by Gasteiger charge is -2.21. The van der Waals surface area contributed by atoms with E-state index >= 15 is 0 Å². The number of rotatable bonds is 5. The van der Waals surface area contributed by atoms with Gasteiger partial charge in [-0.25, -0.2) is 0 Å². The van der Waals surface area contributed by atoms with Gasteiger partial charge >= 0.3 is 6.18 Å². The molecule has 84 valence electrons. The Hall–Kier alpha value is -0.740. The van der Waals surface area contributed by atoms with E-state index in [9.17, 15) is 18.0 Å². The van der Waals surface area contributed by atoms with E-state index in [-0.39, 0.29) is 0 Å². The van der Waals surface area contributed by atoms with Gasteiger partial charge in [0.1, 0.15) is 6.42 Å². The highest BCUT2D eigenvalue weighted by Gasteiger charge is 2.32. The molecule has 0 radical (unpaired) electrons. The molecule has 1 amide bonds. The molecule has 0 heterocycles. The lowest BCUT2D eigenvalue weighted by atomic mass is 10.3. The molecule has 0 unspecified atom stereocenters. The summed E-state index contributed by atoms with van der Waals surface area (Å²) >= 11 is 0. The molecule has 0 aromatic carbocycles. The molecule has 0 atom stereocenters. The molecule has 0 saturated heterocycles. The molecule has 5 heteroatoms. The molecular formula is C9H16F3NO. The van der Waals surface area contributed by atoms with Crippen LogP contribution < -0.4 is 0 Å². The zero-order valence-electron chi connectivity index (χ0n) is 8.52. The van der Waals surface area contributed by atoms with Crippen LogP contribution in [0.15, 0.2) is 0 Å². The fourth-order valence-corrected chi connectivity index (χ4v) is 1.18. The smallest absolute Gasteiger partial charge is 0.342 e. The Kier molecular flexibility index (Phi) is 5.57. The van der Waals surface area contributed by atoms with Gasteiger partial charge in [-0.05, 0) is 12.8 Å². The number of carbonyl (C=O) groups excluding carboxylic acids is 1. The Balaban J connectivity index is 4.14. The third kappa shape index (κ3) is 5.83. The summed E-state index contributed by atoms with van der Waals surface area (Å²) in [6.45, 7) is 4.48. The average Bonchev–Trinajstić information content (AvgIpc) is 2.01. The summed E-state index contributed by atoms with van der Waals surface area (Å²) < 4.78 is 35.7. The van der Waals surface area contributed by atoms with Gasteiger partial charge in [-0.2, -0.15) is 13.2 Å². The molecule has 0 spiro atoms. The highest BCUT2D eigenvalue weighted by atomic mass is 19.4. The highest BCUT2D eigenvalue weighted by molar-refractivity contribution is 5.76. The summed E-state index contributed by atoms with van der Waals surface area (Å²) in [6.07, 6.45) is -4.36. The number of hydrogen-bond donors (Lipinski definition) is 0. The SMILES string of the molecule is CCCN(CCC)C(=O)CC(F)(F)F. The number of alkyl halides is 3. The highest BCUT2D eigenvalue weighted by Crippen LogP contribution is 2.20. The lowest BCUT2D eigenvalue weighted by Crippen LogP contribution is -2.35. The Morgan fingerprint density at radius 3 is 1.86 bits per heavy atom. The largest absolute Gasteiger partial charge is 0.397 e. The molecule has 0 aromatic heterocycles. The second-order valence-corrected chi connectivity index (χ2v) is 3.17. The van der Waals surface area contributed by atoms with Crippen molar-refractivity contribution < 1.29 is 18.0 Å². The molecule has 0 aliphatic heterocycles. The van der Waals surface area contributed by atoms with Crippen LogP contribution in [0.3, 0.4) is 0 Å². The molecule has 0 aliphatic carbocycles. The standard InChI is InChI=1S/C9H16F3NO/c1-3-5-13(6-4-2)8(14)7-9(10,11)12/h3-7H2,1-2H3. The maximum absolute atomic E-state index is 11.9. The van der Waals surface area contributed by atoms with Gasteiger partial charge in [-0.3, -0.25) is 4.79 Å². The fourth-order valence-electron chi connectivity index (χ4n) is 1.18. The Bertz CT molecular complexity index is 173. The molecule has 0 fully saturated rings. The molecule has 0 aromatic rings. The number of halogens is 3. The van der Waals surface area contributed by atoms with Gasteiger partial charge in [-0.15, -0.1) is 0 Å². The molecule has 2 nitrogen and oxygen atoms in total. The summed E-state index contributed by atoms with van der Waals surface area (Å²) in [5.41, 5.74) is 0. The van der Waals surface area contributed by atoms with E-state index in [0.717, 1.165) is 0 Å². The Morgan fingerprint density at radius 1 is 1.14 bits per heavy atom. The van der Waals surface area contributed by atoms with Gasteiger partial charge in [0.15, 0.2) is 0 Å². The van der Waals surface area contributed by atoms with E-state index in [1.807, 2.05) is 13.8 Å². The van der Waals surface area contributed by atoms with Crippen molar-refractivity contribution in [1.29, 1.82) is 0 Å². The van der Waals surface area contributed by atoms with Crippen LogP contribution in [0.5, 0.6) is 0 Å². The Labute approximate surface area is 82.1 Å². The van der Waals surface area contributed by atoms with Crippen LogP contribution in [0.1, 0.15) is 33.1 Å². The van der Waals surface area contributed by atoms with Crippen LogP contribution in [0.4, 0.5) is 13.2 Å². The maximum Gasteiger partial charge on any atom is 0.397 e.